The fourth-order valence-electron chi connectivity index (χ4n) is 6.62. The van der Waals surface area contributed by atoms with E-state index in [1.807, 2.05) is 33.8 Å². The first-order valence-electron chi connectivity index (χ1n) is 15.7. The van der Waals surface area contributed by atoms with Gasteiger partial charge >= 0.3 is 5.97 Å². The van der Waals surface area contributed by atoms with Gasteiger partial charge in [-0.1, -0.05) is 55.5 Å². The molecular weight excluding hydrogens is 568 g/mol. The van der Waals surface area contributed by atoms with Crippen LogP contribution in [-0.2, 0) is 22.5 Å². The van der Waals surface area contributed by atoms with E-state index in [4.69, 9.17) is 14.7 Å². The minimum absolute atomic E-state index is 0.253. The van der Waals surface area contributed by atoms with Crippen LogP contribution in [0, 0.1) is 19.3 Å². The van der Waals surface area contributed by atoms with Crippen molar-refractivity contribution in [1.29, 1.82) is 0 Å². The minimum atomic E-state index is -1.12. The number of carboxylic acid groups (broad SMARTS) is 1. The number of rotatable bonds is 6. The van der Waals surface area contributed by atoms with Gasteiger partial charge in [-0.15, -0.1) is 0 Å². The lowest BCUT2D eigenvalue weighted by atomic mass is 9.81. The van der Waals surface area contributed by atoms with Crippen LogP contribution in [-0.4, -0.2) is 46.3 Å². The zero-order chi connectivity index (χ0) is 31.4. The number of ether oxygens (including phenoxy) is 1. The Bertz CT molecular complexity index is 1680. The van der Waals surface area contributed by atoms with Crippen molar-refractivity contribution >= 4 is 38.3 Å². The van der Waals surface area contributed by atoms with Crippen LogP contribution in [0.15, 0.2) is 42.5 Å². The van der Waals surface area contributed by atoms with Gasteiger partial charge in [0.05, 0.1) is 21.5 Å². The molecule has 1 saturated heterocycles. The van der Waals surface area contributed by atoms with Crippen molar-refractivity contribution in [2.75, 3.05) is 29.4 Å². The quantitative estimate of drug-likeness (QED) is 0.236. The summed E-state index contributed by atoms with van der Waals surface area (Å²) in [6.45, 7) is 17.8. The molecule has 7 nitrogen and oxygen atoms in total. The first kappa shape index (κ1) is 30.5. The summed E-state index contributed by atoms with van der Waals surface area (Å²) in [6.07, 6.45) is 1.88. The molecule has 8 heteroatoms. The number of piperidine rings is 1. The zero-order valence-electron chi connectivity index (χ0n) is 27.0. The molecule has 2 aromatic heterocycles. The van der Waals surface area contributed by atoms with E-state index in [2.05, 4.69) is 67.0 Å². The molecule has 44 heavy (non-hydrogen) atoms. The summed E-state index contributed by atoms with van der Waals surface area (Å²) < 4.78 is 7.47. The third-order valence-electron chi connectivity index (χ3n) is 9.03. The molecule has 2 aliphatic heterocycles. The first-order valence-corrected chi connectivity index (χ1v) is 16.5. The van der Waals surface area contributed by atoms with Gasteiger partial charge in [-0.25, -0.2) is 9.78 Å². The molecule has 0 amide bonds. The van der Waals surface area contributed by atoms with Crippen molar-refractivity contribution in [3.63, 3.8) is 0 Å². The molecule has 0 radical (unpaired) electrons. The molecule has 1 N–H and O–H groups in total. The van der Waals surface area contributed by atoms with Crippen LogP contribution in [0.5, 0.6) is 0 Å². The Kier molecular flexibility index (Phi) is 7.95. The Labute approximate surface area is 264 Å². The van der Waals surface area contributed by atoms with Gasteiger partial charge in [0, 0.05) is 48.7 Å². The van der Waals surface area contributed by atoms with Gasteiger partial charge < -0.3 is 19.6 Å². The maximum absolute atomic E-state index is 12.8. The highest BCUT2D eigenvalue weighted by atomic mass is 32.1. The van der Waals surface area contributed by atoms with E-state index in [0.29, 0.717) is 11.3 Å². The Hall–Kier alpha value is -3.49. The number of fused-ring (bicyclic) bond motifs is 2. The van der Waals surface area contributed by atoms with Crippen molar-refractivity contribution < 1.29 is 14.6 Å². The average molecular weight is 613 g/mol. The fourth-order valence-corrected chi connectivity index (χ4v) is 7.61. The Morgan fingerprint density at radius 1 is 0.977 bits per heavy atom. The van der Waals surface area contributed by atoms with Gasteiger partial charge in [0.25, 0.3) is 0 Å². The standard InChI is InChI=1S/C36H44N4O3S/c1-22-29(25-12-13-26-21-40(17-14-24(26)20-25)34-38-27-10-8-9-11-28(27)44-34)31(39-18-15-36(6,7)16-19-39)30(23(2)37-22)32(33(41)42)43-35(3,4)5/h8-13,20,32H,14-19,21H2,1-7H3,(H,41,42). The summed E-state index contributed by atoms with van der Waals surface area (Å²) in [5.41, 5.74) is 8.67. The molecule has 1 atom stereocenters. The lowest BCUT2D eigenvalue weighted by Crippen LogP contribution is -2.39. The number of aromatic nitrogens is 2. The lowest BCUT2D eigenvalue weighted by molar-refractivity contribution is -0.160. The third kappa shape index (κ3) is 6.07. The number of pyridine rings is 1. The van der Waals surface area contributed by atoms with Gasteiger partial charge in [0.1, 0.15) is 0 Å². The number of aryl methyl sites for hydroxylation is 2. The Morgan fingerprint density at radius 2 is 1.70 bits per heavy atom. The maximum Gasteiger partial charge on any atom is 0.337 e. The van der Waals surface area contributed by atoms with Crippen LogP contribution >= 0.6 is 11.3 Å². The second kappa shape index (κ2) is 11.5. The number of carboxylic acids is 1. The number of anilines is 2. The van der Waals surface area contributed by atoms with Crippen LogP contribution in [0.1, 0.15) is 81.6 Å². The van der Waals surface area contributed by atoms with E-state index >= 15 is 0 Å². The number of carbonyl (C=O) groups is 1. The van der Waals surface area contributed by atoms with Gasteiger partial charge in [0.2, 0.25) is 0 Å². The second-order valence-electron chi connectivity index (χ2n) is 14.1. The topological polar surface area (TPSA) is 78.8 Å². The smallest absolute Gasteiger partial charge is 0.337 e. The highest BCUT2D eigenvalue weighted by Gasteiger charge is 2.36. The molecule has 1 unspecified atom stereocenters. The molecule has 0 saturated carbocycles. The summed E-state index contributed by atoms with van der Waals surface area (Å²) in [4.78, 5) is 27.5. The predicted molar refractivity (Wildman–Crippen MR) is 180 cm³/mol. The molecule has 0 aliphatic carbocycles. The number of nitrogens with zero attached hydrogens (tertiary/aromatic N) is 4. The summed E-state index contributed by atoms with van der Waals surface area (Å²) >= 11 is 1.75. The number of aliphatic carboxylic acids is 1. The number of benzene rings is 2. The average Bonchev–Trinajstić information content (AvgIpc) is 3.39. The molecule has 2 aliphatic rings. The number of thiazole rings is 1. The summed E-state index contributed by atoms with van der Waals surface area (Å²) in [6, 6.07) is 15.1. The second-order valence-corrected chi connectivity index (χ2v) is 15.1. The van der Waals surface area contributed by atoms with E-state index in [1.165, 1.54) is 15.8 Å². The largest absolute Gasteiger partial charge is 0.479 e. The highest BCUT2D eigenvalue weighted by molar-refractivity contribution is 7.22. The number of hydrogen-bond acceptors (Lipinski definition) is 7. The van der Waals surface area contributed by atoms with E-state index in [-0.39, 0.29) is 5.41 Å². The SMILES string of the molecule is Cc1nc(C)c(C(OC(C)(C)C)C(=O)O)c(N2CCC(C)(C)CC2)c1-c1ccc2c(c1)CCN(c1nc3ccccc3s1)C2. The van der Waals surface area contributed by atoms with Crippen LogP contribution in [0.2, 0.25) is 0 Å². The molecule has 4 heterocycles. The Morgan fingerprint density at radius 3 is 2.39 bits per heavy atom. The van der Waals surface area contributed by atoms with Crippen LogP contribution in [0.25, 0.3) is 21.3 Å². The summed E-state index contributed by atoms with van der Waals surface area (Å²) in [5.74, 6) is -0.987. The van der Waals surface area contributed by atoms with Crippen LogP contribution < -0.4 is 9.80 Å². The minimum Gasteiger partial charge on any atom is -0.479 e. The molecule has 0 spiro atoms. The van der Waals surface area contributed by atoms with Crippen molar-refractivity contribution in [3.8, 4) is 11.1 Å². The highest BCUT2D eigenvalue weighted by Crippen LogP contribution is 2.45. The monoisotopic (exact) mass is 612 g/mol. The zero-order valence-corrected chi connectivity index (χ0v) is 27.8. The van der Waals surface area contributed by atoms with Crippen molar-refractivity contribution in [1.82, 2.24) is 9.97 Å². The van der Waals surface area contributed by atoms with E-state index in [0.717, 1.165) is 78.6 Å². The number of hydrogen-bond donors (Lipinski definition) is 1. The van der Waals surface area contributed by atoms with Crippen molar-refractivity contribution in [2.45, 2.75) is 86.0 Å². The van der Waals surface area contributed by atoms with Gasteiger partial charge in [-0.3, -0.25) is 4.98 Å². The van der Waals surface area contributed by atoms with Gasteiger partial charge in [0.15, 0.2) is 11.2 Å². The first-order chi connectivity index (χ1) is 20.8. The lowest BCUT2D eigenvalue weighted by Gasteiger charge is -2.41. The van der Waals surface area contributed by atoms with Gasteiger partial charge in [-0.05, 0) is 88.1 Å². The predicted octanol–water partition coefficient (Wildman–Crippen LogP) is 8.11. The van der Waals surface area contributed by atoms with Crippen molar-refractivity contribution in [3.05, 3.63) is 70.5 Å². The molecule has 6 rings (SSSR count). The maximum atomic E-state index is 12.8. The number of para-hydroxylation sites is 1. The summed E-state index contributed by atoms with van der Waals surface area (Å²) in [5, 5.41) is 11.6. The molecule has 0 bridgehead atoms. The van der Waals surface area contributed by atoms with E-state index < -0.39 is 17.7 Å². The van der Waals surface area contributed by atoms with Crippen LogP contribution in [0.3, 0.4) is 0 Å². The van der Waals surface area contributed by atoms with Gasteiger partial charge in [-0.2, -0.15) is 0 Å². The molecule has 4 aromatic rings. The summed E-state index contributed by atoms with van der Waals surface area (Å²) in [7, 11) is 0. The molecular formula is C36H44N4O3S. The van der Waals surface area contributed by atoms with E-state index in [1.54, 1.807) is 11.3 Å². The Balaban J connectivity index is 1.43. The fraction of sp³-hybridized carbons (Fsp3) is 0.472. The molecule has 1 fully saturated rings. The van der Waals surface area contributed by atoms with Crippen molar-refractivity contribution in [2.24, 2.45) is 5.41 Å². The molecule has 2 aromatic carbocycles. The molecule has 232 valence electrons. The third-order valence-corrected chi connectivity index (χ3v) is 10.1. The van der Waals surface area contributed by atoms with E-state index in [9.17, 15) is 9.90 Å². The normalized spacial score (nSPS) is 17.5. The van der Waals surface area contributed by atoms with Crippen LogP contribution in [0.4, 0.5) is 10.8 Å².